The molecule has 2 N–H and O–H groups in total. The monoisotopic (exact) mass is 296 g/mol. The highest BCUT2D eigenvalue weighted by Crippen LogP contribution is 2.32. The van der Waals surface area contributed by atoms with Crippen LogP contribution in [0.2, 0.25) is 0 Å². The summed E-state index contributed by atoms with van der Waals surface area (Å²) in [6.45, 7) is 7.64. The molecule has 0 spiro atoms. The second kappa shape index (κ2) is 5.47. The molecule has 1 aliphatic rings. The molecule has 1 fully saturated rings. The van der Waals surface area contributed by atoms with Gasteiger partial charge in [0, 0.05) is 19.6 Å². The molecule has 0 aromatic heterocycles. The van der Waals surface area contributed by atoms with E-state index in [2.05, 4.69) is 13.8 Å². The van der Waals surface area contributed by atoms with Gasteiger partial charge in [-0.05, 0) is 42.4 Å². The molecular weight excluding hydrogens is 272 g/mol. The first-order valence-electron chi connectivity index (χ1n) is 7.07. The van der Waals surface area contributed by atoms with Crippen LogP contribution in [0.1, 0.15) is 37.8 Å². The maximum absolute atomic E-state index is 12.8. The minimum atomic E-state index is -3.42. The molecule has 1 saturated heterocycles. The summed E-state index contributed by atoms with van der Waals surface area (Å²) in [5, 5.41) is 0. The van der Waals surface area contributed by atoms with Crippen LogP contribution >= 0.6 is 0 Å². The average molecular weight is 296 g/mol. The lowest BCUT2D eigenvalue weighted by molar-refractivity contribution is 0.187. The van der Waals surface area contributed by atoms with E-state index in [1.807, 2.05) is 13.0 Å². The van der Waals surface area contributed by atoms with E-state index in [1.54, 1.807) is 16.4 Å². The first-order valence-corrected chi connectivity index (χ1v) is 8.51. The quantitative estimate of drug-likeness (QED) is 0.930. The second-order valence-electron chi connectivity index (χ2n) is 6.35. The van der Waals surface area contributed by atoms with Crippen molar-refractivity contribution in [3.05, 3.63) is 29.3 Å². The third kappa shape index (κ3) is 2.90. The zero-order valence-electron chi connectivity index (χ0n) is 12.5. The van der Waals surface area contributed by atoms with Crippen molar-refractivity contribution in [2.75, 3.05) is 13.1 Å². The normalized spacial score (nSPS) is 20.0. The summed E-state index contributed by atoms with van der Waals surface area (Å²) in [5.41, 5.74) is 7.39. The molecular formula is C15H24N2O2S. The fourth-order valence-corrected chi connectivity index (χ4v) is 4.81. The van der Waals surface area contributed by atoms with E-state index >= 15 is 0 Å². The van der Waals surface area contributed by atoms with E-state index in [0.717, 1.165) is 24.0 Å². The van der Waals surface area contributed by atoms with Crippen LogP contribution in [0.15, 0.2) is 23.1 Å². The first kappa shape index (κ1) is 15.5. The predicted molar refractivity (Wildman–Crippen MR) is 80.8 cm³/mol. The zero-order valence-corrected chi connectivity index (χ0v) is 13.3. The van der Waals surface area contributed by atoms with E-state index in [-0.39, 0.29) is 5.41 Å². The van der Waals surface area contributed by atoms with Crippen LogP contribution in [0, 0.1) is 12.3 Å². The van der Waals surface area contributed by atoms with Crippen LogP contribution in [0.3, 0.4) is 0 Å². The van der Waals surface area contributed by atoms with Gasteiger partial charge in [0.05, 0.1) is 4.90 Å². The molecule has 0 bridgehead atoms. The number of piperidine rings is 1. The lowest BCUT2D eigenvalue weighted by atomic mass is 9.85. The molecule has 0 unspecified atom stereocenters. The molecule has 20 heavy (non-hydrogen) atoms. The third-order valence-corrected chi connectivity index (χ3v) is 6.09. The number of nitrogens with two attached hydrogens (primary N) is 1. The Morgan fingerprint density at radius 3 is 2.65 bits per heavy atom. The van der Waals surface area contributed by atoms with Crippen LogP contribution in [0.25, 0.3) is 0 Å². The molecule has 1 heterocycles. The molecule has 0 saturated carbocycles. The molecule has 1 aliphatic heterocycles. The Hall–Kier alpha value is -0.910. The van der Waals surface area contributed by atoms with Crippen molar-refractivity contribution in [3.63, 3.8) is 0 Å². The van der Waals surface area contributed by atoms with Gasteiger partial charge in [0.1, 0.15) is 0 Å². The van der Waals surface area contributed by atoms with Crippen LogP contribution in [0.5, 0.6) is 0 Å². The predicted octanol–water partition coefficient (Wildman–Crippen LogP) is 2.26. The second-order valence-corrected chi connectivity index (χ2v) is 8.26. The van der Waals surface area contributed by atoms with E-state index in [0.29, 0.717) is 24.5 Å². The SMILES string of the molecule is Cc1c(CN)cccc1S(=O)(=O)N1CCCC(C)(C)C1. The van der Waals surface area contributed by atoms with Gasteiger partial charge in [-0.3, -0.25) is 0 Å². The lowest BCUT2D eigenvalue weighted by Crippen LogP contribution is -2.43. The fourth-order valence-electron chi connectivity index (χ4n) is 2.87. The van der Waals surface area contributed by atoms with E-state index in [4.69, 9.17) is 5.73 Å². The van der Waals surface area contributed by atoms with Gasteiger partial charge in [0.2, 0.25) is 10.0 Å². The molecule has 0 radical (unpaired) electrons. The Kier molecular flexibility index (Phi) is 4.23. The van der Waals surface area contributed by atoms with Crippen molar-refractivity contribution >= 4 is 10.0 Å². The van der Waals surface area contributed by atoms with Gasteiger partial charge in [-0.2, -0.15) is 4.31 Å². The maximum atomic E-state index is 12.8. The number of hydrogen-bond acceptors (Lipinski definition) is 3. The molecule has 0 amide bonds. The summed E-state index contributed by atoms with van der Waals surface area (Å²) >= 11 is 0. The van der Waals surface area contributed by atoms with Gasteiger partial charge >= 0.3 is 0 Å². The Bertz CT molecular complexity index is 594. The van der Waals surface area contributed by atoms with Gasteiger partial charge in [-0.15, -0.1) is 0 Å². The third-order valence-electron chi connectivity index (χ3n) is 4.10. The van der Waals surface area contributed by atoms with E-state index < -0.39 is 10.0 Å². The average Bonchev–Trinajstić information content (AvgIpc) is 2.37. The first-order chi connectivity index (χ1) is 9.28. The number of hydrogen-bond donors (Lipinski definition) is 1. The van der Waals surface area contributed by atoms with Crippen molar-refractivity contribution in [3.8, 4) is 0 Å². The van der Waals surface area contributed by atoms with Gasteiger partial charge in [0.15, 0.2) is 0 Å². The Morgan fingerprint density at radius 2 is 2.05 bits per heavy atom. The molecule has 4 nitrogen and oxygen atoms in total. The smallest absolute Gasteiger partial charge is 0.243 e. The summed E-state index contributed by atoms with van der Waals surface area (Å²) in [6.07, 6.45) is 1.99. The van der Waals surface area contributed by atoms with E-state index in [9.17, 15) is 8.42 Å². The Labute approximate surface area is 122 Å². The number of benzene rings is 1. The number of nitrogens with zero attached hydrogens (tertiary/aromatic N) is 1. The van der Waals surface area contributed by atoms with Crippen LogP contribution in [0.4, 0.5) is 0 Å². The molecule has 112 valence electrons. The van der Waals surface area contributed by atoms with Gasteiger partial charge in [-0.1, -0.05) is 26.0 Å². The lowest BCUT2D eigenvalue weighted by Gasteiger charge is -2.37. The molecule has 2 rings (SSSR count). The molecule has 1 aromatic rings. The molecule has 0 aliphatic carbocycles. The molecule has 0 atom stereocenters. The standard InChI is InChI=1S/C15H24N2O2S/c1-12-13(10-16)6-4-7-14(12)20(18,19)17-9-5-8-15(2,3)11-17/h4,6-7H,5,8-11,16H2,1-3H3. The van der Waals surface area contributed by atoms with Crippen molar-refractivity contribution in [2.45, 2.75) is 45.1 Å². The summed E-state index contributed by atoms with van der Waals surface area (Å²) in [7, 11) is -3.42. The van der Waals surface area contributed by atoms with Crippen LogP contribution in [-0.2, 0) is 16.6 Å². The Balaban J connectivity index is 2.40. The fraction of sp³-hybridized carbons (Fsp3) is 0.600. The zero-order chi connectivity index (χ0) is 15.0. The van der Waals surface area contributed by atoms with Crippen LogP contribution < -0.4 is 5.73 Å². The summed E-state index contributed by atoms with van der Waals surface area (Å²) in [5.74, 6) is 0. The highest BCUT2D eigenvalue weighted by atomic mass is 32.2. The number of sulfonamides is 1. The van der Waals surface area contributed by atoms with Gasteiger partial charge in [-0.25, -0.2) is 8.42 Å². The molecule has 1 aromatic carbocycles. The minimum absolute atomic E-state index is 0.0463. The highest BCUT2D eigenvalue weighted by molar-refractivity contribution is 7.89. The van der Waals surface area contributed by atoms with Gasteiger partial charge < -0.3 is 5.73 Å². The number of rotatable bonds is 3. The minimum Gasteiger partial charge on any atom is -0.326 e. The molecule has 5 heteroatoms. The largest absolute Gasteiger partial charge is 0.326 e. The van der Waals surface area contributed by atoms with Crippen molar-refractivity contribution in [1.29, 1.82) is 0 Å². The summed E-state index contributed by atoms with van der Waals surface area (Å²) in [4.78, 5) is 0.401. The summed E-state index contributed by atoms with van der Waals surface area (Å²) in [6, 6.07) is 5.34. The Morgan fingerprint density at radius 1 is 1.35 bits per heavy atom. The van der Waals surface area contributed by atoms with E-state index in [1.165, 1.54) is 0 Å². The maximum Gasteiger partial charge on any atom is 0.243 e. The van der Waals surface area contributed by atoms with Crippen molar-refractivity contribution in [2.24, 2.45) is 11.1 Å². The topological polar surface area (TPSA) is 63.4 Å². The van der Waals surface area contributed by atoms with Gasteiger partial charge in [0.25, 0.3) is 0 Å². The van der Waals surface area contributed by atoms with Crippen LogP contribution in [-0.4, -0.2) is 25.8 Å². The highest BCUT2D eigenvalue weighted by Gasteiger charge is 2.34. The van der Waals surface area contributed by atoms with Crippen molar-refractivity contribution in [1.82, 2.24) is 4.31 Å². The van der Waals surface area contributed by atoms with Crippen molar-refractivity contribution < 1.29 is 8.42 Å². The summed E-state index contributed by atoms with van der Waals surface area (Å²) < 4.78 is 27.3.